The lowest BCUT2D eigenvalue weighted by atomic mass is 10.4. The van der Waals surface area contributed by atoms with Gasteiger partial charge in [0.1, 0.15) is 0 Å². The molecule has 0 fully saturated rings. The number of imidazole rings is 1. The standard InChI is InChI=1S/C11H11F3N4O2/c12-11(13,14)7-17(6-9(19)20)4-8-5-18-3-1-2-15-10(18)16-8/h1-3,5H,4,6-7H2,(H,19,20). The SMILES string of the molecule is O=C(O)CN(Cc1cn2cccnc2n1)CC(F)(F)F. The molecule has 2 aromatic heterocycles. The second-order valence-corrected chi connectivity index (χ2v) is 4.21. The molecule has 0 aliphatic rings. The molecule has 108 valence electrons. The highest BCUT2D eigenvalue weighted by Gasteiger charge is 2.31. The fourth-order valence-corrected chi connectivity index (χ4v) is 1.80. The third-order valence-corrected chi connectivity index (χ3v) is 2.43. The van der Waals surface area contributed by atoms with Crippen molar-refractivity contribution >= 4 is 11.7 Å². The Hall–Kier alpha value is -2.16. The quantitative estimate of drug-likeness (QED) is 0.894. The zero-order valence-corrected chi connectivity index (χ0v) is 10.2. The van der Waals surface area contributed by atoms with Crippen LogP contribution in [0.25, 0.3) is 5.78 Å². The zero-order chi connectivity index (χ0) is 14.8. The summed E-state index contributed by atoms with van der Waals surface area (Å²) in [6.07, 6.45) is 0.224. The van der Waals surface area contributed by atoms with E-state index in [1.165, 1.54) is 12.4 Å². The third kappa shape index (κ3) is 3.92. The van der Waals surface area contributed by atoms with E-state index >= 15 is 0 Å². The molecular weight excluding hydrogens is 277 g/mol. The maximum absolute atomic E-state index is 12.4. The van der Waals surface area contributed by atoms with Gasteiger partial charge in [-0.15, -0.1) is 0 Å². The number of nitrogens with zero attached hydrogens (tertiary/aromatic N) is 4. The average molecular weight is 288 g/mol. The van der Waals surface area contributed by atoms with Crippen LogP contribution >= 0.6 is 0 Å². The van der Waals surface area contributed by atoms with Crippen LogP contribution in [-0.4, -0.2) is 49.6 Å². The molecule has 2 rings (SSSR count). The summed E-state index contributed by atoms with van der Waals surface area (Å²) >= 11 is 0. The summed E-state index contributed by atoms with van der Waals surface area (Å²) in [5.74, 6) is -0.971. The Morgan fingerprint density at radius 1 is 1.45 bits per heavy atom. The number of hydrogen-bond acceptors (Lipinski definition) is 4. The summed E-state index contributed by atoms with van der Waals surface area (Å²) < 4.78 is 38.7. The molecule has 0 saturated heterocycles. The molecule has 0 radical (unpaired) electrons. The molecule has 0 aliphatic heterocycles. The van der Waals surface area contributed by atoms with Crippen LogP contribution in [0, 0.1) is 0 Å². The van der Waals surface area contributed by atoms with Crippen molar-refractivity contribution < 1.29 is 23.1 Å². The van der Waals surface area contributed by atoms with Crippen LogP contribution in [0.4, 0.5) is 13.2 Å². The fourth-order valence-electron chi connectivity index (χ4n) is 1.80. The van der Waals surface area contributed by atoms with E-state index in [4.69, 9.17) is 5.11 Å². The van der Waals surface area contributed by atoms with Crippen LogP contribution in [0.15, 0.2) is 24.7 Å². The Morgan fingerprint density at radius 3 is 2.80 bits per heavy atom. The molecule has 0 unspecified atom stereocenters. The fraction of sp³-hybridized carbons (Fsp3) is 0.364. The number of carbonyl (C=O) groups is 1. The van der Waals surface area contributed by atoms with Crippen molar-refractivity contribution in [1.29, 1.82) is 0 Å². The Kier molecular flexibility index (Phi) is 3.89. The molecule has 2 aromatic rings. The minimum atomic E-state index is -4.47. The summed E-state index contributed by atoms with van der Waals surface area (Å²) in [5, 5.41) is 8.65. The molecule has 1 N–H and O–H groups in total. The lowest BCUT2D eigenvalue weighted by Gasteiger charge is -2.20. The number of carboxylic acids is 1. The molecule has 2 heterocycles. The zero-order valence-electron chi connectivity index (χ0n) is 10.2. The lowest BCUT2D eigenvalue weighted by molar-refractivity contribution is -0.154. The van der Waals surface area contributed by atoms with Crippen molar-refractivity contribution in [1.82, 2.24) is 19.3 Å². The van der Waals surface area contributed by atoms with Gasteiger partial charge in [0.25, 0.3) is 0 Å². The van der Waals surface area contributed by atoms with E-state index in [2.05, 4.69) is 9.97 Å². The summed E-state index contributed by atoms with van der Waals surface area (Å²) in [6, 6.07) is 1.66. The van der Waals surface area contributed by atoms with Crippen molar-refractivity contribution in [3.05, 3.63) is 30.4 Å². The lowest BCUT2D eigenvalue weighted by Crippen LogP contribution is -2.37. The summed E-state index contributed by atoms with van der Waals surface area (Å²) in [5.41, 5.74) is 0.328. The van der Waals surface area contributed by atoms with Gasteiger partial charge in [0.2, 0.25) is 5.78 Å². The maximum atomic E-state index is 12.4. The van der Waals surface area contributed by atoms with E-state index in [0.717, 1.165) is 4.90 Å². The van der Waals surface area contributed by atoms with E-state index in [1.54, 1.807) is 16.7 Å². The number of alkyl halides is 3. The van der Waals surface area contributed by atoms with Crippen LogP contribution in [-0.2, 0) is 11.3 Å². The van der Waals surface area contributed by atoms with Crippen LogP contribution in [0.1, 0.15) is 5.69 Å². The second kappa shape index (κ2) is 5.45. The molecule has 0 aliphatic carbocycles. The predicted octanol–water partition coefficient (Wildman–Crippen LogP) is 1.18. The van der Waals surface area contributed by atoms with E-state index in [0.29, 0.717) is 11.5 Å². The molecule has 0 aromatic carbocycles. The average Bonchev–Trinajstić information content (AvgIpc) is 2.67. The molecule has 0 amide bonds. The van der Waals surface area contributed by atoms with Crippen molar-refractivity contribution in [3.8, 4) is 0 Å². The van der Waals surface area contributed by atoms with Crippen molar-refractivity contribution in [2.45, 2.75) is 12.7 Å². The Labute approximate surface area is 111 Å². The van der Waals surface area contributed by atoms with Gasteiger partial charge < -0.3 is 5.11 Å². The van der Waals surface area contributed by atoms with Gasteiger partial charge in [-0.1, -0.05) is 0 Å². The Morgan fingerprint density at radius 2 is 2.20 bits per heavy atom. The molecule has 20 heavy (non-hydrogen) atoms. The highest BCUT2D eigenvalue weighted by atomic mass is 19.4. The predicted molar refractivity (Wildman–Crippen MR) is 62.0 cm³/mol. The second-order valence-electron chi connectivity index (χ2n) is 4.21. The van der Waals surface area contributed by atoms with Crippen LogP contribution < -0.4 is 0 Å². The van der Waals surface area contributed by atoms with E-state index in [-0.39, 0.29) is 6.54 Å². The van der Waals surface area contributed by atoms with Crippen molar-refractivity contribution in [2.75, 3.05) is 13.1 Å². The van der Waals surface area contributed by atoms with Gasteiger partial charge in [-0.05, 0) is 6.07 Å². The summed E-state index contributed by atoms with van der Waals surface area (Å²) in [6.45, 7) is -2.23. The first-order valence-corrected chi connectivity index (χ1v) is 5.63. The number of aliphatic carboxylic acids is 1. The van der Waals surface area contributed by atoms with E-state index < -0.39 is 25.2 Å². The number of carboxylic acid groups (broad SMARTS) is 1. The Bertz CT molecular complexity index is 578. The number of hydrogen-bond donors (Lipinski definition) is 1. The molecule has 0 spiro atoms. The van der Waals surface area contributed by atoms with Gasteiger partial charge in [0.15, 0.2) is 0 Å². The van der Waals surface area contributed by atoms with Gasteiger partial charge in [-0.3, -0.25) is 14.1 Å². The molecule has 0 atom stereocenters. The first-order chi connectivity index (χ1) is 9.33. The van der Waals surface area contributed by atoms with Crippen LogP contribution in [0.3, 0.4) is 0 Å². The Balaban J connectivity index is 2.15. The largest absolute Gasteiger partial charge is 0.480 e. The molecule has 9 heteroatoms. The highest BCUT2D eigenvalue weighted by molar-refractivity contribution is 5.69. The van der Waals surface area contributed by atoms with Gasteiger partial charge in [-0.25, -0.2) is 9.97 Å². The normalized spacial score (nSPS) is 12.2. The van der Waals surface area contributed by atoms with Crippen molar-refractivity contribution in [2.24, 2.45) is 0 Å². The maximum Gasteiger partial charge on any atom is 0.401 e. The number of rotatable bonds is 5. The number of aromatic nitrogens is 3. The summed E-state index contributed by atoms with van der Waals surface area (Å²) in [4.78, 5) is 19.4. The van der Waals surface area contributed by atoms with Crippen molar-refractivity contribution in [3.63, 3.8) is 0 Å². The highest BCUT2D eigenvalue weighted by Crippen LogP contribution is 2.17. The minimum Gasteiger partial charge on any atom is -0.480 e. The first kappa shape index (κ1) is 14.3. The molecule has 6 nitrogen and oxygen atoms in total. The summed E-state index contributed by atoms with van der Waals surface area (Å²) in [7, 11) is 0. The van der Waals surface area contributed by atoms with Crippen LogP contribution in [0.2, 0.25) is 0 Å². The van der Waals surface area contributed by atoms with Gasteiger partial charge >= 0.3 is 12.1 Å². The first-order valence-electron chi connectivity index (χ1n) is 5.63. The van der Waals surface area contributed by atoms with E-state index in [9.17, 15) is 18.0 Å². The molecular formula is C11H11F3N4O2. The van der Waals surface area contributed by atoms with Crippen LogP contribution in [0.5, 0.6) is 0 Å². The molecule has 0 bridgehead atoms. The van der Waals surface area contributed by atoms with Gasteiger partial charge in [0.05, 0.1) is 18.8 Å². The van der Waals surface area contributed by atoms with E-state index in [1.807, 2.05) is 0 Å². The van der Waals surface area contributed by atoms with Gasteiger partial charge in [0, 0.05) is 25.1 Å². The number of halogens is 3. The molecule has 0 saturated carbocycles. The minimum absolute atomic E-state index is 0.213. The number of fused-ring (bicyclic) bond motifs is 1. The van der Waals surface area contributed by atoms with Gasteiger partial charge in [-0.2, -0.15) is 13.2 Å². The topological polar surface area (TPSA) is 70.7 Å². The monoisotopic (exact) mass is 288 g/mol. The smallest absolute Gasteiger partial charge is 0.401 e. The third-order valence-electron chi connectivity index (χ3n) is 2.43.